The molecule has 0 aromatic carbocycles. The van der Waals surface area contributed by atoms with Gasteiger partial charge in [-0.05, 0) is 50.4 Å². The molecule has 0 aliphatic heterocycles. The van der Waals surface area contributed by atoms with E-state index in [0.717, 1.165) is 96.7 Å². The smallest absolute Gasteiger partial charge is 0.305 e. The van der Waals surface area contributed by atoms with Crippen LogP contribution in [0.1, 0.15) is 208 Å². The standard InChI is InChI=1S/C41H80O6/c1-6-8-10-12-14-21-28-34-46-39(42)30-24-18-16-20-26-32-44-37-38(36-41(3,4)5)45-33-27-23-17-19-25-31-40(43)47-35-29-22-15-13-11-9-7-2/h38H,6-37H2,1-5H3. The van der Waals surface area contributed by atoms with E-state index in [4.69, 9.17) is 18.9 Å². The summed E-state index contributed by atoms with van der Waals surface area (Å²) < 4.78 is 23.1. The molecule has 0 aliphatic rings. The topological polar surface area (TPSA) is 71.1 Å². The Hall–Kier alpha value is -1.14. The van der Waals surface area contributed by atoms with Crippen molar-refractivity contribution in [2.45, 2.75) is 214 Å². The maximum absolute atomic E-state index is 12.0. The fourth-order valence-electron chi connectivity index (χ4n) is 5.85. The minimum Gasteiger partial charge on any atom is -0.466 e. The summed E-state index contributed by atoms with van der Waals surface area (Å²) in [5.74, 6) is -0.0640. The van der Waals surface area contributed by atoms with Crippen LogP contribution in [0.5, 0.6) is 0 Å². The second-order valence-electron chi connectivity index (χ2n) is 15.1. The zero-order valence-electron chi connectivity index (χ0n) is 32.2. The van der Waals surface area contributed by atoms with E-state index in [-0.39, 0.29) is 23.5 Å². The highest BCUT2D eigenvalue weighted by Gasteiger charge is 2.19. The highest BCUT2D eigenvalue weighted by Crippen LogP contribution is 2.23. The molecule has 0 saturated carbocycles. The Morgan fingerprint density at radius 1 is 0.468 bits per heavy atom. The predicted octanol–water partition coefficient (Wildman–Crippen LogP) is 12.1. The van der Waals surface area contributed by atoms with Crippen molar-refractivity contribution in [3.8, 4) is 0 Å². The van der Waals surface area contributed by atoms with E-state index >= 15 is 0 Å². The molecule has 280 valence electrons. The largest absolute Gasteiger partial charge is 0.466 e. The molecule has 6 nitrogen and oxygen atoms in total. The molecule has 47 heavy (non-hydrogen) atoms. The van der Waals surface area contributed by atoms with Gasteiger partial charge in [0.05, 0.1) is 25.9 Å². The van der Waals surface area contributed by atoms with Crippen LogP contribution in [0.15, 0.2) is 0 Å². The Kier molecular flexibility index (Phi) is 33.9. The van der Waals surface area contributed by atoms with Crippen LogP contribution >= 0.6 is 0 Å². The number of ether oxygens (including phenoxy) is 4. The highest BCUT2D eigenvalue weighted by atomic mass is 16.5. The van der Waals surface area contributed by atoms with Gasteiger partial charge in [0.15, 0.2) is 0 Å². The number of carbonyl (C=O) groups is 2. The monoisotopic (exact) mass is 669 g/mol. The Morgan fingerprint density at radius 3 is 1.26 bits per heavy atom. The first-order chi connectivity index (χ1) is 22.8. The van der Waals surface area contributed by atoms with Crippen molar-refractivity contribution in [1.82, 2.24) is 0 Å². The number of unbranched alkanes of at least 4 members (excludes halogenated alkanes) is 20. The predicted molar refractivity (Wildman–Crippen MR) is 198 cm³/mol. The van der Waals surface area contributed by atoms with E-state index in [9.17, 15) is 9.59 Å². The van der Waals surface area contributed by atoms with Crippen LogP contribution in [0.4, 0.5) is 0 Å². The van der Waals surface area contributed by atoms with Gasteiger partial charge in [-0.25, -0.2) is 0 Å². The van der Waals surface area contributed by atoms with E-state index in [1.54, 1.807) is 0 Å². The average Bonchev–Trinajstić information content (AvgIpc) is 3.03. The second-order valence-corrected chi connectivity index (χ2v) is 15.1. The number of hydrogen-bond acceptors (Lipinski definition) is 6. The normalized spacial score (nSPS) is 12.4. The first-order valence-electron chi connectivity index (χ1n) is 20.3. The number of rotatable bonds is 36. The third-order valence-corrected chi connectivity index (χ3v) is 8.71. The molecule has 6 heteroatoms. The first kappa shape index (κ1) is 45.9. The maximum atomic E-state index is 12.0. The summed E-state index contributed by atoms with van der Waals surface area (Å²) in [5.41, 5.74) is 0.201. The molecule has 0 spiro atoms. The lowest BCUT2D eigenvalue weighted by atomic mass is 9.89. The van der Waals surface area contributed by atoms with Gasteiger partial charge in [-0.2, -0.15) is 0 Å². The Balaban J connectivity index is 3.71. The number of hydrogen-bond donors (Lipinski definition) is 0. The molecule has 0 amide bonds. The SMILES string of the molecule is CCCCCCCCCOC(=O)CCCCCCCOCC(CC(C)(C)C)OCCCCCCCC(=O)OCCCCCCCCC. The van der Waals surface area contributed by atoms with E-state index in [0.29, 0.717) is 32.7 Å². The lowest BCUT2D eigenvalue weighted by molar-refractivity contribution is -0.144. The maximum Gasteiger partial charge on any atom is 0.305 e. The quantitative estimate of drug-likeness (QED) is 0.0489. The minimum absolute atomic E-state index is 0.0319. The first-order valence-corrected chi connectivity index (χ1v) is 20.3. The van der Waals surface area contributed by atoms with E-state index in [2.05, 4.69) is 34.6 Å². The molecule has 0 bridgehead atoms. The summed E-state index contributed by atoms with van der Waals surface area (Å²) in [5, 5.41) is 0. The second kappa shape index (κ2) is 34.7. The number of carbonyl (C=O) groups excluding carboxylic acids is 2. The van der Waals surface area contributed by atoms with Crippen LogP contribution < -0.4 is 0 Å². The summed E-state index contributed by atoms with van der Waals surface area (Å²) in [7, 11) is 0. The molecule has 0 aromatic heterocycles. The molecule has 0 saturated heterocycles. The van der Waals surface area contributed by atoms with Crippen molar-refractivity contribution in [1.29, 1.82) is 0 Å². The van der Waals surface area contributed by atoms with Crippen LogP contribution in [0.2, 0.25) is 0 Å². The van der Waals surface area contributed by atoms with E-state index in [1.165, 1.54) is 77.0 Å². The van der Waals surface area contributed by atoms with Crippen molar-refractivity contribution in [2.24, 2.45) is 5.41 Å². The third kappa shape index (κ3) is 37.5. The van der Waals surface area contributed by atoms with Crippen LogP contribution in [0.3, 0.4) is 0 Å². The van der Waals surface area contributed by atoms with Gasteiger partial charge in [-0.1, -0.05) is 150 Å². The van der Waals surface area contributed by atoms with Crippen LogP contribution in [0.25, 0.3) is 0 Å². The summed E-state index contributed by atoms with van der Waals surface area (Å²) in [6.07, 6.45) is 30.2. The van der Waals surface area contributed by atoms with Gasteiger partial charge in [-0.3, -0.25) is 9.59 Å². The Labute approximate surface area is 292 Å². The van der Waals surface area contributed by atoms with Crippen molar-refractivity contribution in [2.75, 3.05) is 33.0 Å². The molecule has 0 heterocycles. The Morgan fingerprint density at radius 2 is 0.830 bits per heavy atom. The lowest BCUT2D eigenvalue weighted by Crippen LogP contribution is -2.26. The number of esters is 2. The summed E-state index contributed by atoms with van der Waals surface area (Å²) >= 11 is 0. The van der Waals surface area contributed by atoms with Gasteiger partial charge >= 0.3 is 11.9 Å². The fraction of sp³-hybridized carbons (Fsp3) is 0.951. The van der Waals surface area contributed by atoms with Gasteiger partial charge in [0.25, 0.3) is 0 Å². The van der Waals surface area contributed by atoms with Crippen molar-refractivity contribution in [3.05, 3.63) is 0 Å². The van der Waals surface area contributed by atoms with Gasteiger partial charge in [-0.15, -0.1) is 0 Å². The van der Waals surface area contributed by atoms with E-state index < -0.39 is 0 Å². The summed E-state index contributed by atoms with van der Waals surface area (Å²) in [6, 6.07) is 0. The molecule has 0 N–H and O–H groups in total. The van der Waals surface area contributed by atoms with Gasteiger partial charge in [0.2, 0.25) is 0 Å². The average molecular weight is 669 g/mol. The van der Waals surface area contributed by atoms with Crippen LogP contribution in [0, 0.1) is 5.41 Å². The fourth-order valence-corrected chi connectivity index (χ4v) is 5.85. The third-order valence-electron chi connectivity index (χ3n) is 8.71. The zero-order chi connectivity index (χ0) is 34.7. The van der Waals surface area contributed by atoms with Gasteiger partial charge in [0, 0.05) is 26.1 Å². The van der Waals surface area contributed by atoms with Crippen molar-refractivity contribution >= 4 is 11.9 Å². The van der Waals surface area contributed by atoms with Crippen molar-refractivity contribution in [3.63, 3.8) is 0 Å². The van der Waals surface area contributed by atoms with Gasteiger partial charge < -0.3 is 18.9 Å². The van der Waals surface area contributed by atoms with Crippen LogP contribution in [-0.4, -0.2) is 51.1 Å². The molecule has 0 radical (unpaired) electrons. The molecule has 1 atom stereocenters. The van der Waals surface area contributed by atoms with Crippen molar-refractivity contribution < 1.29 is 28.5 Å². The van der Waals surface area contributed by atoms with Crippen LogP contribution in [-0.2, 0) is 28.5 Å². The molecule has 0 rings (SSSR count). The summed E-state index contributed by atoms with van der Waals surface area (Å²) in [6.45, 7) is 14.6. The zero-order valence-corrected chi connectivity index (χ0v) is 32.2. The molecule has 0 aliphatic carbocycles. The van der Waals surface area contributed by atoms with E-state index in [1.807, 2.05) is 0 Å². The minimum atomic E-state index is -0.0321. The molecule has 0 aromatic rings. The summed E-state index contributed by atoms with van der Waals surface area (Å²) in [4.78, 5) is 23.9. The molecule has 0 fully saturated rings. The molecular formula is C41H80O6. The highest BCUT2D eigenvalue weighted by molar-refractivity contribution is 5.69. The Bertz CT molecular complexity index is 673. The lowest BCUT2D eigenvalue weighted by Gasteiger charge is -2.26. The van der Waals surface area contributed by atoms with Gasteiger partial charge in [0.1, 0.15) is 0 Å². The molecular weight excluding hydrogens is 588 g/mol. The molecule has 1 unspecified atom stereocenters.